The first-order valence-corrected chi connectivity index (χ1v) is 13.7. The number of hydrogen-bond acceptors (Lipinski definition) is 6. The summed E-state index contributed by atoms with van der Waals surface area (Å²) in [5.74, 6) is -1.49. The number of nitrogens with two attached hydrogens (primary N) is 1. The molecule has 0 saturated carbocycles. The van der Waals surface area contributed by atoms with Gasteiger partial charge in [0, 0.05) is 11.4 Å². The summed E-state index contributed by atoms with van der Waals surface area (Å²) >= 11 is 5.93. The molecule has 0 bridgehead atoms. The number of sulfonamides is 1. The fourth-order valence-corrected chi connectivity index (χ4v) is 5.22. The number of nitrogens with zero attached hydrogens (tertiary/aromatic N) is 3. The lowest BCUT2D eigenvalue weighted by atomic mass is 10.0. The second-order valence-electron chi connectivity index (χ2n) is 9.13. The van der Waals surface area contributed by atoms with E-state index in [1.54, 1.807) is 31.0 Å². The van der Waals surface area contributed by atoms with Crippen LogP contribution in [0.1, 0.15) is 31.9 Å². The van der Waals surface area contributed by atoms with Gasteiger partial charge in [-0.2, -0.15) is 5.10 Å². The van der Waals surface area contributed by atoms with E-state index in [-0.39, 0.29) is 29.1 Å². The molecule has 38 heavy (non-hydrogen) atoms. The van der Waals surface area contributed by atoms with Crippen LogP contribution in [0, 0.1) is 11.7 Å². The molecule has 0 aromatic heterocycles. The predicted octanol–water partition coefficient (Wildman–Crippen LogP) is 4.67. The van der Waals surface area contributed by atoms with Crippen molar-refractivity contribution in [3.05, 3.63) is 95.3 Å². The van der Waals surface area contributed by atoms with E-state index in [1.165, 1.54) is 36.4 Å². The van der Waals surface area contributed by atoms with Gasteiger partial charge < -0.3 is 5.73 Å². The van der Waals surface area contributed by atoms with E-state index in [4.69, 9.17) is 22.4 Å². The SMILES string of the molecule is CC(C)[C@H](N=C(NS(=O)(=O)c1ccc(Cl)cc1)C1=NN(c2ccc(F)cc2)[C@@H](c2ccccc2)C1)C(N)=O. The van der Waals surface area contributed by atoms with Crippen LogP contribution in [0.5, 0.6) is 0 Å². The molecule has 2 atom stereocenters. The molecule has 8 nitrogen and oxygen atoms in total. The molecule has 0 spiro atoms. The number of amidine groups is 1. The summed E-state index contributed by atoms with van der Waals surface area (Å²) in [6.07, 6.45) is 0.257. The average Bonchev–Trinajstić information content (AvgIpc) is 3.33. The Morgan fingerprint density at radius 3 is 2.29 bits per heavy atom. The minimum absolute atomic E-state index is 0.0385. The molecule has 198 valence electrons. The summed E-state index contributed by atoms with van der Waals surface area (Å²) in [6, 6.07) is 19.6. The molecule has 3 N–H and O–H groups in total. The van der Waals surface area contributed by atoms with Gasteiger partial charge in [0.2, 0.25) is 5.91 Å². The van der Waals surface area contributed by atoms with Crippen molar-refractivity contribution in [3.63, 3.8) is 0 Å². The molecule has 0 saturated heterocycles. The van der Waals surface area contributed by atoms with Crippen molar-refractivity contribution < 1.29 is 17.6 Å². The molecule has 0 unspecified atom stereocenters. The third-order valence-corrected chi connectivity index (χ3v) is 7.61. The highest BCUT2D eigenvalue weighted by Crippen LogP contribution is 2.35. The van der Waals surface area contributed by atoms with E-state index in [0.717, 1.165) is 5.56 Å². The van der Waals surface area contributed by atoms with Crippen molar-refractivity contribution in [1.82, 2.24) is 4.72 Å². The number of aliphatic imine (C=N–C) groups is 1. The third-order valence-electron chi connectivity index (χ3n) is 6.01. The highest BCUT2D eigenvalue weighted by Gasteiger charge is 2.34. The number of primary amides is 1. The van der Waals surface area contributed by atoms with Crippen molar-refractivity contribution >= 4 is 44.8 Å². The van der Waals surface area contributed by atoms with Gasteiger partial charge in [-0.05, 0) is 60.0 Å². The van der Waals surface area contributed by atoms with Crippen LogP contribution < -0.4 is 15.5 Å². The van der Waals surface area contributed by atoms with Gasteiger partial charge in [0.1, 0.15) is 17.6 Å². The normalized spacial score (nSPS) is 16.9. The molecule has 0 radical (unpaired) electrons. The number of nitrogens with one attached hydrogen (secondary N) is 1. The van der Waals surface area contributed by atoms with Gasteiger partial charge in [0.25, 0.3) is 10.0 Å². The third kappa shape index (κ3) is 6.20. The molecule has 1 aliphatic heterocycles. The smallest absolute Gasteiger partial charge is 0.263 e. The summed E-state index contributed by atoms with van der Waals surface area (Å²) in [4.78, 5) is 16.6. The van der Waals surface area contributed by atoms with Crippen LogP contribution >= 0.6 is 11.6 Å². The quantitative estimate of drug-likeness (QED) is 0.310. The van der Waals surface area contributed by atoms with Crippen molar-refractivity contribution in [1.29, 1.82) is 0 Å². The Bertz CT molecular complexity index is 1460. The first kappa shape index (κ1) is 27.3. The van der Waals surface area contributed by atoms with Gasteiger partial charge in [-0.25, -0.2) is 12.8 Å². The molecule has 0 fully saturated rings. The van der Waals surface area contributed by atoms with Crippen molar-refractivity contribution in [2.24, 2.45) is 21.7 Å². The van der Waals surface area contributed by atoms with Gasteiger partial charge >= 0.3 is 0 Å². The van der Waals surface area contributed by atoms with Gasteiger partial charge in [0.05, 0.1) is 16.6 Å². The van der Waals surface area contributed by atoms with Crippen LogP contribution in [0.15, 0.2) is 93.9 Å². The minimum atomic E-state index is -4.12. The summed E-state index contributed by atoms with van der Waals surface area (Å²) < 4.78 is 42.8. The molecule has 1 heterocycles. The zero-order valence-electron chi connectivity index (χ0n) is 20.8. The van der Waals surface area contributed by atoms with Crippen LogP contribution in [0.25, 0.3) is 0 Å². The van der Waals surface area contributed by atoms with E-state index in [0.29, 0.717) is 16.4 Å². The van der Waals surface area contributed by atoms with Crippen molar-refractivity contribution in [2.45, 2.75) is 37.2 Å². The standard InChI is InChI=1S/C27H27ClFN5O3S/c1-17(2)25(26(30)35)31-27(33-38(36,37)22-14-8-19(28)9-15-22)23-16-24(18-6-4-3-5-7-18)34(32-23)21-12-10-20(29)11-13-21/h3-15,17,24-25H,16H2,1-2H3,(H2,30,35)(H,31,33)/t24-,25+/m1/s1. The highest BCUT2D eigenvalue weighted by atomic mass is 35.5. The fraction of sp³-hybridized carbons (Fsp3) is 0.222. The van der Waals surface area contributed by atoms with E-state index in [2.05, 4.69) is 9.71 Å². The number of hydrazone groups is 1. The first-order valence-electron chi connectivity index (χ1n) is 11.9. The summed E-state index contributed by atoms with van der Waals surface area (Å²) in [5, 5.41) is 6.77. The minimum Gasteiger partial charge on any atom is -0.368 e. The van der Waals surface area contributed by atoms with Crippen molar-refractivity contribution in [2.75, 3.05) is 5.01 Å². The number of rotatable bonds is 8. The molecule has 4 rings (SSSR count). The Morgan fingerprint density at radius 1 is 1.08 bits per heavy atom. The maximum Gasteiger partial charge on any atom is 0.263 e. The molecular formula is C27H27ClFN5O3S. The molecule has 1 amide bonds. The second kappa shape index (κ2) is 11.3. The van der Waals surface area contributed by atoms with Crippen LogP contribution in [-0.2, 0) is 14.8 Å². The molecule has 3 aromatic rings. The van der Waals surface area contributed by atoms with Gasteiger partial charge in [-0.1, -0.05) is 55.8 Å². The Balaban J connectivity index is 1.81. The van der Waals surface area contributed by atoms with Crippen LogP contribution in [0.3, 0.4) is 0 Å². The fourth-order valence-electron chi connectivity index (χ4n) is 4.06. The lowest BCUT2D eigenvalue weighted by Crippen LogP contribution is -2.40. The van der Waals surface area contributed by atoms with Gasteiger partial charge in [-0.3, -0.25) is 19.5 Å². The number of benzene rings is 3. The van der Waals surface area contributed by atoms with E-state index < -0.39 is 27.8 Å². The number of anilines is 1. The lowest BCUT2D eigenvalue weighted by Gasteiger charge is -2.23. The first-order chi connectivity index (χ1) is 18.0. The number of amides is 1. The van der Waals surface area contributed by atoms with Crippen LogP contribution in [-0.4, -0.2) is 31.9 Å². The second-order valence-corrected chi connectivity index (χ2v) is 11.2. The Kier molecular flexibility index (Phi) is 8.13. The number of halogens is 2. The van der Waals surface area contributed by atoms with Gasteiger partial charge in [-0.15, -0.1) is 0 Å². The molecule has 11 heteroatoms. The monoisotopic (exact) mass is 555 g/mol. The molecular weight excluding hydrogens is 529 g/mol. The number of hydrogen-bond donors (Lipinski definition) is 2. The zero-order chi connectivity index (χ0) is 27.4. The summed E-state index contributed by atoms with van der Waals surface area (Å²) in [6.45, 7) is 3.52. The average molecular weight is 556 g/mol. The van der Waals surface area contributed by atoms with Crippen LogP contribution in [0.4, 0.5) is 10.1 Å². The molecule has 1 aliphatic rings. The Hall–Kier alpha value is -3.76. The molecule has 3 aromatic carbocycles. The topological polar surface area (TPSA) is 117 Å². The van der Waals surface area contributed by atoms with E-state index in [9.17, 15) is 17.6 Å². The lowest BCUT2D eigenvalue weighted by molar-refractivity contribution is -0.120. The largest absolute Gasteiger partial charge is 0.368 e. The van der Waals surface area contributed by atoms with Crippen LogP contribution in [0.2, 0.25) is 5.02 Å². The number of carbonyl (C=O) groups is 1. The van der Waals surface area contributed by atoms with E-state index in [1.807, 2.05) is 30.3 Å². The van der Waals surface area contributed by atoms with Gasteiger partial charge in [0.15, 0.2) is 5.84 Å². The Morgan fingerprint density at radius 2 is 1.71 bits per heavy atom. The predicted molar refractivity (Wildman–Crippen MR) is 147 cm³/mol. The Labute approximate surface area is 226 Å². The summed E-state index contributed by atoms with van der Waals surface area (Å²) in [5.41, 5.74) is 7.41. The van der Waals surface area contributed by atoms with Crippen molar-refractivity contribution in [3.8, 4) is 0 Å². The maximum atomic E-state index is 13.7. The zero-order valence-corrected chi connectivity index (χ0v) is 22.3. The molecule has 0 aliphatic carbocycles. The maximum absolute atomic E-state index is 13.7. The highest BCUT2D eigenvalue weighted by molar-refractivity contribution is 7.90. The van der Waals surface area contributed by atoms with E-state index >= 15 is 0 Å². The summed E-state index contributed by atoms with van der Waals surface area (Å²) in [7, 11) is -4.12. The number of carbonyl (C=O) groups excluding carboxylic acids is 1.